The topological polar surface area (TPSA) is 120 Å². The summed E-state index contributed by atoms with van der Waals surface area (Å²) in [5, 5.41) is 14.4. The summed E-state index contributed by atoms with van der Waals surface area (Å²) in [7, 11) is 1.16. The Hall–Kier alpha value is -2.29. The fourth-order valence-corrected chi connectivity index (χ4v) is 1.28. The summed E-state index contributed by atoms with van der Waals surface area (Å²) in [5.74, 6) is -1.26. The number of aliphatic hydroxyl groups is 1. The molecule has 0 aliphatic carbocycles. The highest BCUT2D eigenvalue weighted by Gasteiger charge is 2.28. The maximum Gasteiger partial charge on any atom is 0.414 e. The molecule has 0 atom stereocenters. The molecule has 1 rings (SSSR count). The van der Waals surface area contributed by atoms with Crippen LogP contribution in [0.25, 0.3) is 0 Å². The zero-order valence-corrected chi connectivity index (χ0v) is 12.3. The number of ether oxygens (including phenoxy) is 3. The van der Waals surface area contributed by atoms with Crippen LogP contribution in [0.15, 0.2) is 4.52 Å². The van der Waals surface area contributed by atoms with Crippen molar-refractivity contribution >= 4 is 17.9 Å². The van der Waals surface area contributed by atoms with E-state index in [0.717, 1.165) is 7.11 Å². The first-order valence-electron chi connectivity index (χ1n) is 6.10. The number of carbonyl (C=O) groups is 2. The van der Waals surface area contributed by atoms with Gasteiger partial charge in [-0.2, -0.15) is 0 Å². The van der Waals surface area contributed by atoms with Crippen LogP contribution in [0.2, 0.25) is 0 Å². The van der Waals surface area contributed by atoms with E-state index in [4.69, 9.17) is 19.1 Å². The maximum atomic E-state index is 11.7. The van der Waals surface area contributed by atoms with Gasteiger partial charge in [-0.25, -0.2) is 9.59 Å². The van der Waals surface area contributed by atoms with Crippen molar-refractivity contribution in [2.24, 2.45) is 0 Å². The molecule has 1 aromatic rings. The van der Waals surface area contributed by atoms with Crippen molar-refractivity contribution in [3.05, 3.63) is 5.56 Å². The van der Waals surface area contributed by atoms with Gasteiger partial charge in [-0.15, -0.1) is 0 Å². The largest absolute Gasteiger partial charge is 0.472 e. The van der Waals surface area contributed by atoms with Gasteiger partial charge in [0, 0.05) is 0 Å². The molecule has 2 N–H and O–H groups in total. The van der Waals surface area contributed by atoms with E-state index < -0.39 is 17.7 Å². The third-order valence-electron chi connectivity index (χ3n) is 1.99. The number of rotatable bonds is 5. The number of methoxy groups -OCH3 is 1. The minimum atomic E-state index is -0.822. The van der Waals surface area contributed by atoms with Gasteiger partial charge in [-0.05, 0) is 25.9 Å². The molecule has 0 spiro atoms. The first kappa shape index (κ1) is 16.8. The zero-order chi connectivity index (χ0) is 16.0. The fourth-order valence-electron chi connectivity index (χ4n) is 1.28. The number of anilines is 1. The molecule has 0 fully saturated rings. The monoisotopic (exact) mass is 302 g/mol. The molecule has 0 aliphatic rings. The highest BCUT2D eigenvalue weighted by atomic mass is 16.6. The normalized spacial score (nSPS) is 10.9. The van der Waals surface area contributed by atoms with Crippen LogP contribution in [0.5, 0.6) is 5.88 Å². The molecule has 9 nitrogen and oxygen atoms in total. The molecule has 21 heavy (non-hydrogen) atoms. The van der Waals surface area contributed by atoms with Gasteiger partial charge in [0.15, 0.2) is 5.56 Å². The molecule has 0 radical (unpaired) electrons. The lowest BCUT2D eigenvalue weighted by Crippen LogP contribution is -2.27. The quantitative estimate of drug-likeness (QED) is 0.778. The average Bonchev–Trinajstić information content (AvgIpc) is 2.75. The molecular weight excluding hydrogens is 284 g/mol. The first-order chi connectivity index (χ1) is 9.78. The van der Waals surface area contributed by atoms with E-state index in [0.29, 0.717) is 0 Å². The molecule has 0 aliphatic heterocycles. The summed E-state index contributed by atoms with van der Waals surface area (Å²) in [6.07, 6.45) is -0.822. The number of carbonyl (C=O) groups excluding carboxylic acids is 2. The molecule has 9 heteroatoms. The van der Waals surface area contributed by atoms with Gasteiger partial charge in [0.05, 0.1) is 13.7 Å². The third-order valence-corrected chi connectivity index (χ3v) is 1.99. The molecule has 118 valence electrons. The highest BCUT2D eigenvalue weighted by Crippen LogP contribution is 2.27. The van der Waals surface area contributed by atoms with E-state index in [1.54, 1.807) is 20.8 Å². The van der Waals surface area contributed by atoms with Crippen molar-refractivity contribution in [2.75, 3.05) is 25.6 Å². The Kier molecular flexibility index (Phi) is 5.53. The minimum absolute atomic E-state index is 0.0948. The Morgan fingerprint density at radius 2 is 2.05 bits per heavy atom. The van der Waals surface area contributed by atoms with Crippen LogP contribution >= 0.6 is 0 Å². The fraction of sp³-hybridized carbons (Fsp3) is 0.583. The number of hydrogen-bond donors (Lipinski definition) is 2. The Morgan fingerprint density at radius 3 is 2.57 bits per heavy atom. The molecule has 1 aromatic heterocycles. The molecule has 0 unspecified atom stereocenters. The second-order valence-electron chi connectivity index (χ2n) is 4.88. The van der Waals surface area contributed by atoms with Crippen molar-refractivity contribution in [1.29, 1.82) is 0 Å². The number of nitrogens with zero attached hydrogens (tertiary/aromatic N) is 1. The van der Waals surface area contributed by atoms with Gasteiger partial charge in [0.25, 0.3) is 11.8 Å². The van der Waals surface area contributed by atoms with E-state index in [1.165, 1.54) is 0 Å². The maximum absolute atomic E-state index is 11.7. The highest BCUT2D eigenvalue weighted by molar-refractivity contribution is 5.99. The van der Waals surface area contributed by atoms with E-state index in [9.17, 15) is 9.59 Å². The first-order valence-corrected chi connectivity index (χ1v) is 6.10. The van der Waals surface area contributed by atoms with Crippen molar-refractivity contribution in [3.8, 4) is 5.88 Å². The molecule has 0 aromatic carbocycles. The van der Waals surface area contributed by atoms with Gasteiger partial charge in [-0.1, -0.05) is 0 Å². The van der Waals surface area contributed by atoms with E-state index >= 15 is 0 Å². The van der Waals surface area contributed by atoms with Gasteiger partial charge >= 0.3 is 12.1 Å². The Balaban J connectivity index is 2.93. The minimum Gasteiger partial charge on any atom is -0.472 e. The van der Waals surface area contributed by atoms with Crippen LogP contribution in [-0.2, 0) is 9.47 Å². The Morgan fingerprint density at radius 1 is 1.38 bits per heavy atom. The van der Waals surface area contributed by atoms with Gasteiger partial charge in [0.1, 0.15) is 12.2 Å². The summed E-state index contributed by atoms with van der Waals surface area (Å²) in [6, 6.07) is 0. The molecule has 1 heterocycles. The van der Waals surface area contributed by atoms with E-state index in [1.807, 2.05) is 0 Å². The van der Waals surface area contributed by atoms with Gasteiger partial charge < -0.3 is 23.8 Å². The van der Waals surface area contributed by atoms with Crippen LogP contribution in [-0.4, -0.2) is 48.3 Å². The van der Waals surface area contributed by atoms with Crippen molar-refractivity contribution in [2.45, 2.75) is 26.4 Å². The second kappa shape index (κ2) is 6.93. The Bertz CT molecular complexity index is 504. The number of esters is 1. The van der Waals surface area contributed by atoms with Crippen molar-refractivity contribution < 1.29 is 33.4 Å². The smallest absolute Gasteiger partial charge is 0.414 e. The van der Waals surface area contributed by atoms with Crippen LogP contribution in [0.1, 0.15) is 31.1 Å². The third kappa shape index (κ3) is 4.95. The molecule has 0 bridgehead atoms. The molecule has 1 amide bonds. The predicted molar refractivity (Wildman–Crippen MR) is 70.3 cm³/mol. The average molecular weight is 302 g/mol. The summed E-state index contributed by atoms with van der Waals surface area (Å²) < 4.78 is 19.5. The van der Waals surface area contributed by atoms with Crippen LogP contribution in [0.4, 0.5) is 10.7 Å². The van der Waals surface area contributed by atoms with Gasteiger partial charge in [-0.3, -0.25) is 5.32 Å². The number of aliphatic hydroxyl groups excluding tert-OH is 1. The SMILES string of the molecule is COC(=O)c1c(OCCO)noc1NC(=O)OC(C)(C)C. The number of amides is 1. The lowest BCUT2D eigenvalue weighted by Gasteiger charge is -2.19. The number of aromatic nitrogens is 1. The molecular formula is C12H18N2O7. The van der Waals surface area contributed by atoms with Crippen LogP contribution in [0, 0.1) is 0 Å². The molecule has 0 saturated carbocycles. The lowest BCUT2D eigenvalue weighted by molar-refractivity contribution is 0.0595. The summed E-state index contributed by atoms with van der Waals surface area (Å²) in [4.78, 5) is 23.3. The summed E-state index contributed by atoms with van der Waals surface area (Å²) >= 11 is 0. The van der Waals surface area contributed by atoms with E-state index in [-0.39, 0.29) is 30.5 Å². The number of nitrogens with one attached hydrogen (secondary N) is 1. The summed E-state index contributed by atoms with van der Waals surface area (Å²) in [5.41, 5.74) is -0.914. The Labute approximate surface area is 121 Å². The lowest BCUT2D eigenvalue weighted by atomic mass is 10.2. The predicted octanol–water partition coefficient (Wildman–Crippen LogP) is 1.18. The standard InChI is InChI=1S/C12H18N2O7/c1-12(2,3)20-11(17)13-8-7(10(16)18-4)9(14-21-8)19-6-5-15/h15H,5-6H2,1-4H3,(H,13,17). The van der Waals surface area contributed by atoms with Crippen LogP contribution in [0.3, 0.4) is 0 Å². The van der Waals surface area contributed by atoms with Crippen LogP contribution < -0.4 is 10.1 Å². The van der Waals surface area contributed by atoms with Crippen molar-refractivity contribution in [1.82, 2.24) is 5.16 Å². The van der Waals surface area contributed by atoms with E-state index in [2.05, 4.69) is 15.2 Å². The van der Waals surface area contributed by atoms with Gasteiger partial charge in [0.2, 0.25) is 0 Å². The summed E-state index contributed by atoms with van der Waals surface area (Å²) in [6.45, 7) is 4.68. The number of hydrogen-bond acceptors (Lipinski definition) is 8. The second-order valence-corrected chi connectivity index (χ2v) is 4.88. The zero-order valence-electron chi connectivity index (χ0n) is 12.3. The molecule has 0 saturated heterocycles. The van der Waals surface area contributed by atoms with Crippen molar-refractivity contribution in [3.63, 3.8) is 0 Å².